The van der Waals surface area contributed by atoms with Crippen molar-refractivity contribution >= 4 is 17.6 Å². The van der Waals surface area contributed by atoms with Crippen LogP contribution >= 0.6 is 0 Å². The molecule has 166 valence electrons. The lowest BCUT2D eigenvalue weighted by molar-refractivity contribution is -0.192. The van der Waals surface area contributed by atoms with E-state index >= 15 is 0 Å². The number of carboxylic acids is 1. The van der Waals surface area contributed by atoms with Crippen LogP contribution in [0.3, 0.4) is 0 Å². The number of nitrogens with zero attached hydrogens (tertiary/aromatic N) is 2. The number of alkyl halides is 3. The first-order valence-electron chi connectivity index (χ1n) is 10.1. The van der Waals surface area contributed by atoms with E-state index in [1.54, 1.807) is 0 Å². The van der Waals surface area contributed by atoms with Crippen molar-refractivity contribution < 1.29 is 32.6 Å². The van der Waals surface area contributed by atoms with Crippen molar-refractivity contribution in [2.45, 2.75) is 44.8 Å². The van der Waals surface area contributed by atoms with Gasteiger partial charge in [0.25, 0.3) is 0 Å². The molecular weight excluding hydrogens is 401 g/mol. The molecule has 3 aliphatic rings. The van der Waals surface area contributed by atoms with Crippen molar-refractivity contribution in [3.63, 3.8) is 0 Å². The average Bonchev–Trinajstić information content (AvgIpc) is 3.25. The summed E-state index contributed by atoms with van der Waals surface area (Å²) in [4.78, 5) is 26.2. The summed E-state index contributed by atoms with van der Waals surface area (Å²) < 4.78 is 37.2. The van der Waals surface area contributed by atoms with Crippen molar-refractivity contribution in [2.75, 3.05) is 37.7 Å². The number of halogens is 3. The molecule has 0 bridgehead atoms. The van der Waals surface area contributed by atoms with Crippen LogP contribution in [0.15, 0.2) is 24.3 Å². The average molecular weight is 428 g/mol. The second kappa shape index (κ2) is 8.93. The molecule has 1 unspecified atom stereocenters. The first-order valence-corrected chi connectivity index (χ1v) is 10.1. The Bertz CT molecular complexity index is 780. The second-order valence-corrected chi connectivity index (χ2v) is 8.31. The van der Waals surface area contributed by atoms with E-state index in [-0.39, 0.29) is 5.41 Å². The number of aryl methyl sites for hydroxylation is 1. The van der Waals surface area contributed by atoms with Gasteiger partial charge in [0, 0.05) is 49.9 Å². The normalized spacial score (nSPS) is 25.5. The predicted molar refractivity (Wildman–Crippen MR) is 104 cm³/mol. The molecule has 3 heterocycles. The molecule has 1 N–H and O–H groups in total. The Balaban J connectivity index is 0.000000318. The molecule has 3 aliphatic heterocycles. The van der Waals surface area contributed by atoms with Gasteiger partial charge in [-0.1, -0.05) is 18.2 Å². The summed E-state index contributed by atoms with van der Waals surface area (Å²) in [6.45, 7) is 6.98. The molecule has 6 nitrogen and oxygen atoms in total. The highest BCUT2D eigenvalue weighted by atomic mass is 19.4. The third kappa shape index (κ3) is 5.13. The molecule has 0 saturated carbocycles. The smallest absolute Gasteiger partial charge is 0.475 e. The number of hydrogen-bond acceptors (Lipinski definition) is 4. The Morgan fingerprint density at radius 1 is 1.20 bits per heavy atom. The lowest BCUT2D eigenvalue weighted by Gasteiger charge is -2.32. The molecule has 3 fully saturated rings. The van der Waals surface area contributed by atoms with E-state index < -0.39 is 12.1 Å². The maximum Gasteiger partial charge on any atom is 0.490 e. The van der Waals surface area contributed by atoms with Crippen LogP contribution in [-0.2, 0) is 14.3 Å². The SMILES string of the molecule is Cc1ccccc1N1CC2(CCN(C3CCOCC3)C2)CC1=O.O=C(O)C(F)(F)F. The maximum absolute atomic E-state index is 12.7. The van der Waals surface area contributed by atoms with Crippen LogP contribution in [0, 0.1) is 12.3 Å². The summed E-state index contributed by atoms with van der Waals surface area (Å²) in [6.07, 6.45) is -0.934. The zero-order valence-corrected chi connectivity index (χ0v) is 17.0. The minimum Gasteiger partial charge on any atom is -0.475 e. The van der Waals surface area contributed by atoms with Gasteiger partial charge < -0.3 is 14.7 Å². The van der Waals surface area contributed by atoms with Crippen molar-refractivity contribution in [2.24, 2.45) is 5.41 Å². The lowest BCUT2D eigenvalue weighted by Crippen LogP contribution is -2.40. The zero-order valence-electron chi connectivity index (χ0n) is 17.0. The number of carboxylic acid groups (broad SMARTS) is 1. The minimum atomic E-state index is -5.08. The molecule has 0 radical (unpaired) electrons. The molecule has 4 rings (SSSR count). The lowest BCUT2D eigenvalue weighted by atomic mass is 9.86. The largest absolute Gasteiger partial charge is 0.490 e. The molecular formula is C21H27F3N2O4. The molecule has 1 aromatic rings. The fourth-order valence-corrected chi connectivity index (χ4v) is 4.59. The van der Waals surface area contributed by atoms with Crippen LogP contribution in [0.25, 0.3) is 0 Å². The van der Waals surface area contributed by atoms with Crippen molar-refractivity contribution in [1.82, 2.24) is 4.90 Å². The molecule has 9 heteroatoms. The number of rotatable bonds is 2. The van der Waals surface area contributed by atoms with Gasteiger partial charge in [-0.05, 0) is 44.4 Å². The van der Waals surface area contributed by atoms with Gasteiger partial charge in [0.1, 0.15) is 0 Å². The number of amides is 1. The van der Waals surface area contributed by atoms with Gasteiger partial charge in [0.05, 0.1) is 0 Å². The first-order chi connectivity index (χ1) is 14.1. The van der Waals surface area contributed by atoms with Gasteiger partial charge in [-0.2, -0.15) is 13.2 Å². The summed E-state index contributed by atoms with van der Waals surface area (Å²) in [5.74, 6) is -2.46. The summed E-state index contributed by atoms with van der Waals surface area (Å²) in [5.41, 5.74) is 2.45. The summed E-state index contributed by atoms with van der Waals surface area (Å²) in [7, 11) is 0. The number of hydrogen-bond donors (Lipinski definition) is 1. The number of benzene rings is 1. The number of ether oxygens (including phenoxy) is 1. The van der Waals surface area contributed by atoms with E-state index in [1.165, 1.54) is 5.56 Å². The Morgan fingerprint density at radius 2 is 1.83 bits per heavy atom. The topological polar surface area (TPSA) is 70.1 Å². The maximum atomic E-state index is 12.7. The summed E-state index contributed by atoms with van der Waals surface area (Å²) >= 11 is 0. The predicted octanol–water partition coefficient (Wildman–Crippen LogP) is 3.24. The van der Waals surface area contributed by atoms with Gasteiger partial charge in [-0.3, -0.25) is 9.69 Å². The molecule has 1 atom stereocenters. The molecule has 3 saturated heterocycles. The molecule has 30 heavy (non-hydrogen) atoms. The van der Waals surface area contributed by atoms with E-state index in [0.717, 1.165) is 57.8 Å². The van der Waals surface area contributed by atoms with Gasteiger partial charge >= 0.3 is 12.1 Å². The third-order valence-corrected chi connectivity index (χ3v) is 6.14. The summed E-state index contributed by atoms with van der Waals surface area (Å²) in [6, 6.07) is 8.90. The van der Waals surface area contributed by atoms with Crippen LogP contribution in [0.1, 0.15) is 31.2 Å². The van der Waals surface area contributed by atoms with E-state index in [4.69, 9.17) is 14.6 Å². The molecule has 1 spiro atoms. The van der Waals surface area contributed by atoms with E-state index in [1.807, 2.05) is 17.0 Å². The minimum absolute atomic E-state index is 0.164. The molecule has 1 amide bonds. The van der Waals surface area contributed by atoms with Gasteiger partial charge in [-0.15, -0.1) is 0 Å². The Hall–Kier alpha value is -2.13. The Kier molecular flexibility index (Phi) is 6.71. The van der Waals surface area contributed by atoms with Crippen LogP contribution < -0.4 is 4.90 Å². The highest BCUT2D eigenvalue weighted by Crippen LogP contribution is 2.43. The fraction of sp³-hybridized carbons (Fsp3) is 0.619. The number of carbonyl (C=O) groups is 2. The number of likely N-dealkylation sites (tertiary alicyclic amines) is 1. The van der Waals surface area contributed by atoms with E-state index in [9.17, 15) is 18.0 Å². The Labute approximate surface area is 173 Å². The van der Waals surface area contributed by atoms with Crippen LogP contribution in [0.5, 0.6) is 0 Å². The van der Waals surface area contributed by atoms with Crippen molar-refractivity contribution in [1.29, 1.82) is 0 Å². The highest BCUT2D eigenvalue weighted by molar-refractivity contribution is 5.97. The Morgan fingerprint density at radius 3 is 2.43 bits per heavy atom. The zero-order chi connectivity index (χ0) is 21.9. The molecule has 0 aromatic heterocycles. The van der Waals surface area contributed by atoms with Gasteiger partial charge in [0.15, 0.2) is 0 Å². The molecule has 1 aromatic carbocycles. The number of aliphatic carboxylic acids is 1. The van der Waals surface area contributed by atoms with Crippen molar-refractivity contribution in [3.8, 4) is 0 Å². The number of anilines is 1. The number of para-hydroxylation sites is 1. The number of carbonyl (C=O) groups excluding carboxylic acids is 1. The van der Waals surface area contributed by atoms with Gasteiger partial charge in [-0.25, -0.2) is 4.79 Å². The van der Waals surface area contributed by atoms with E-state index in [0.29, 0.717) is 18.4 Å². The second-order valence-electron chi connectivity index (χ2n) is 8.31. The highest BCUT2D eigenvalue weighted by Gasteiger charge is 2.49. The van der Waals surface area contributed by atoms with E-state index in [2.05, 4.69) is 24.0 Å². The summed E-state index contributed by atoms with van der Waals surface area (Å²) in [5, 5.41) is 7.12. The van der Waals surface area contributed by atoms with Crippen LogP contribution in [0.4, 0.5) is 18.9 Å². The first kappa shape index (κ1) is 22.6. The van der Waals surface area contributed by atoms with Gasteiger partial charge in [0.2, 0.25) is 5.91 Å². The van der Waals surface area contributed by atoms with Crippen LogP contribution in [-0.4, -0.2) is 66.9 Å². The standard InChI is InChI=1S/C19H26N2O2.C2HF3O2/c1-15-4-2-3-5-17(15)21-14-19(12-18(21)22)8-9-20(13-19)16-6-10-23-11-7-16;3-2(4,5)1(6)7/h2-5,16H,6-14H2,1H3;(H,6,7). The third-order valence-electron chi connectivity index (χ3n) is 6.14. The fourth-order valence-electron chi connectivity index (χ4n) is 4.59. The van der Waals surface area contributed by atoms with Crippen LogP contribution in [0.2, 0.25) is 0 Å². The quantitative estimate of drug-likeness (QED) is 0.783. The van der Waals surface area contributed by atoms with Crippen molar-refractivity contribution in [3.05, 3.63) is 29.8 Å². The molecule has 0 aliphatic carbocycles. The monoisotopic (exact) mass is 428 g/mol.